The van der Waals surface area contributed by atoms with Crippen molar-refractivity contribution < 1.29 is 30.4 Å². The van der Waals surface area contributed by atoms with E-state index in [0.717, 1.165) is 16.5 Å². The monoisotopic (exact) mass is 564 g/mol. The molecule has 194 valence electrons. The molecular weight excluding hydrogens is 544 g/mol. The van der Waals surface area contributed by atoms with Crippen molar-refractivity contribution in [1.82, 2.24) is 4.90 Å². The van der Waals surface area contributed by atoms with Crippen molar-refractivity contribution in [3.63, 3.8) is 0 Å². The fraction of sp³-hybridized carbons (Fsp3) is 0.130. The quantitative estimate of drug-likeness (QED) is 0.250. The number of halogens is 1. The minimum absolute atomic E-state index is 0.0249. The highest BCUT2D eigenvalue weighted by Gasteiger charge is 2.36. The first-order valence-corrected chi connectivity index (χ1v) is 13.8. The number of aryl methyl sites for hydroxylation is 1. The lowest BCUT2D eigenvalue weighted by molar-refractivity contribution is -0.112. The summed E-state index contributed by atoms with van der Waals surface area (Å²) >= 11 is 5.86. The van der Waals surface area contributed by atoms with Gasteiger partial charge in [-0.15, -0.1) is 0 Å². The van der Waals surface area contributed by atoms with Crippen LogP contribution in [0, 0.1) is 6.92 Å². The van der Waals surface area contributed by atoms with Crippen LogP contribution >= 0.6 is 11.6 Å². The highest BCUT2D eigenvalue weighted by atomic mass is 35.5. The molecule has 2 N–H and O–H groups in total. The van der Waals surface area contributed by atoms with Crippen molar-refractivity contribution in [2.45, 2.75) is 16.7 Å². The summed E-state index contributed by atoms with van der Waals surface area (Å²) < 4.78 is 63.3. The Labute approximate surface area is 218 Å². The van der Waals surface area contributed by atoms with E-state index in [1.807, 2.05) is 6.92 Å². The summed E-state index contributed by atoms with van der Waals surface area (Å²) in [6.45, 7) is 1.81. The lowest BCUT2D eigenvalue weighted by Crippen LogP contribution is -2.28. The zero-order chi connectivity index (χ0) is 27.0. The molecule has 4 rings (SSSR count). The molecule has 3 aromatic carbocycles. The van der Waals surface area contributed by atoms with Crippen molar-refractivity contribution >= 4 is 55.0 Å². The molecule has 37 heavy (non-hydrogen) atoms. The van der Waals surface area contributed by atoms with Crippen LogP contribution in [0.5, 0.6) is 5.75 Å². The number of carbonyl (C=O) groups is 1. The Bertz CT molecular complexity index is 1590. The van der Waals surface area contributed by atoms with Gasteiger partial charge in [-0.05, 0) is 61.5 Å². The SMILES string of the molecule is Cc1ccc(S(=O)(=O)Oc2ccc(NN=C3C(=O)N(c4ccc(Cl)cc4S(=O)(=O)O)CN3C)cc2)cc1. The lowest BCUT2D eigenvalue weighted by atomic mass is 10.2. The van der Waals surface area contributed by atoms with Gasteiger partial charge in [0, 0.05) is 12.1 Å². The van der Waals surface area contributed by atoms with Crippen molar-refractivity contribution in [2.24, 2.45) is 5.10 Å². The second-order valence-corrected chi connectivity index (χ2v) is 11.5. The van der Waals surface area contributed by atoms with Crippen LogP contribution in [0.1, 0.15) is 5.56 Å². The minimum Gasteiger partial charge on any atom is -0.379 e. The lowest BCUT2D eigenvalue weighted by Gasteiger charge is -2.18. The van der Waals surface area contributed by atoms with Crippen LogP contribution in [-0.2, 0) is 25.0 Å². The molecule has 0 aromatic heterocycles. The van der Waals surface area contributed by atoms with Crippen LogP contribution in [0.15, 0.2) is 81.6 Å². The van der Waals surface area contributed by atoms with Gasteiger partial charge in [0.05, 0.1) is 18.0 Å². The first kappa shape index (κ1) is 26.4. The molecule has 3 aromatic rings. The smallest absolute Gasteiger partial charge is 0.339 e. The van der Waals surface area contributed by atoms with Crippen LogP contribution in [0.3, 0.4) is 0 Å². The molecule has 0 radical (unpaired) electrons. The highest BCUT2D eigenvalue weighted by molar-refractivity contribution is 7.87. The topological polar surface area (TPSA) is 146 Å². The summed E-state index contributed by atoms with van der Waals surface area (Å²) in [6.07, 6.45) is 0. The van der Waals surface area contributed by atoms with Gasteiger partial charge in [0.25, 0.3) is 16.0 Å². The number of likely N-dealkylation sites (N-methyl/N-ethyl adjacent to an activating group) is 1. The predicted molar refractivity (Wildman–Crippen MR) is 138 cm³/mol. The number of hydrogen-bond donors (Lipinski definition) is 2. The van der Waals surface area contributed by atoms with Crippen LogP contribution < -0.4 is 14.5 Å². The van der Waals surface area contributed by atoms with Crippen LogP contribution in [0.2, 0.25) is 5.02 Å². The van der Waals surface area contributed by atoms with E-state index in [1.54, 1.807) is 19.2 Å². The molecular formula is C23H21ClN4O7S2. The third kappa shape index (κ3) is 5.85. The van der Waals surface area contributed by atoms with E-state index in [-0.39, 0.29) is 33.9 Å². The van der Waals surface area contributed by atoms with Gasteiger partial charge in [0.2, 0.25) is 5.84 Å². The van der Waals surface area contributed by atoms with Crippen molar-refractivity contribution in [3.8, 4) is 5.75 Å². The number of benzene rings is 3. The fourth-order valence-corrected chi connectivity index (χ4v) is 5.33. The minimum atomic E-state index is -4.65. The Morgan fingerprint density at radius 1 is 1.00 bits per heavy atom. The van der Waals surface area contributed by atoms with Gasteiger partial charge < -0.3 is 9.08 Å². The molecule has 11 nitrogen and oxygen atoms in total. The molecule has 0 spiro atoms. The number of rotatable bonds is 7. The van der Waals surface area contributed by atoms with E-state index in [1.165, 1.54) is 53.4 Å². The third-order valence-corrected chi connectivity index (χ3v) is 7.68. The van der Waals surface area contributed by atoms with Crippen LogP contribution in [0.25, 0.3) is 0 Å². The fourth-order valence-electron chi connectivity index (χ4n) is 3.45. The number of amidine groups is 1. The molecule has 1 heterocycles. The Morgan fingerprint density at radius 3 is 2.27 bits per heavy atom. The standard InChI is InChI=1S/C23H21ClN4O7S2/c1-15-3-10-19(11-4-15)37(33,34)35-18-8-6-17(7-9-18)25-26-22-23(29)28(14-27(22)2)20-12-5-16(24)13-21(20)36(30,31)32/h3-13,25H,14H2,1-2H3,(H,30,31,32). The first-order chi connectivity index (χ1) is 17.3. The van der Waals surface area contributed by atoms with E-state index in [0.29, 0.717) is 5.69 Å². The van der Waals surface area contributed by atoms with Crippen LogP contribution in [-0.4, -0.2) is 51.7 Å². The Hall–Kier alpha value is -3.65. The van der Waals surface area contributed by atoms with Gasteiger partial charge in [0.15, 0.2) is 0 Å². The Balaban J connectivity index is 1.49. The average molecular weight is 565 g/mol. The molecule has 0 unspecified atom stereocenters. The number of nitrogens with one attached hydrogen (secondary N) is 1. The predicted octanol–water partition coefficient (Wildman–Crippen LogP) is 3.32. The summed E-state index contributed by atoms with van der Waals surface area (Å²) in [7, 11) is -7.08. The molecule has 0 bridgehead atoms. The number of amides is 1. The van der Waals surface area contributed by atoms with Gasteiger partial charge in [-0.25, -0.2) is 0 Å². The highest BCUT2D eigenvalue weighted by Crippen LogP contribution is 2.31. The van der Waals surface area contributed by atoms with Gasteiger partial charge in [0.1, 0.15) is 15.5 Å². The molecule has 1 fully saturated rings. The van der Waals surface area contributed by atoms with E-state index in [9.17, 15) is 26.2 Å². The van der Waals surface area contributed by atoms with Gasteiger partial charge in [-0.1, -0.05) is 29.3 Å². The largest absolute Gasteiger partial charge is 0.379 e. The molecule has 0 atom stereocenters. The number of hydrazone groups is 1. The maximum Gasteiger partial charge on any atom is 0.339 e. The van der Waals surface area contributed by atoms with E-state index < -0.39 is 31.0 Å². The van der Waals surface area contributed by atoms with Crippen molar-refractivity contribution in [1.29, 1.82) is 0 Å². The van der Waals surface area contributed by atoms with Crippen molar-refractivity contribution in [2.75, 3.05) is 24.0 Å². The second-order valence-electron chi connectivity index (χ2n) is 8.08. The maximum absolute atomic E-state index is 13.0. The maximum atomic E-state index is 13.0. The van der Waals surface area contributed by atoms with Gasteiger partial charge >= 0.3 is 10.1 Å². The zero-order valence-electron chi connectivity index (χ0n) is 19.5. The zero-order valence-corrected chi connectivity index (χ0v) is 21.9. The van der Waals surface area contributed by atoms with Crippen molar-refractivity contribution in [3.05, 3.63) is 77.3 Å². The number of carbonyl (C=O) groups excluding carboxylic acids is 1. The van der Waals surface area contributed by atoms with Crippen LogP contribution in [0.4, 0.5) is 11.4 Å². The molecule has 1 saturated heterocycles. The number of nitrogens with zero attached hydrogens (tertiary/aromatic N) is 3. The molecule has 1 amide bonds. The van der Waals surface area contributed by atoms with E-state index >= 15 is 0 Å². The Kier molecular flexibility index (Phi) is 7.15. The number of hydrogen-bond acceptors (Lipinski definition) is 8. The van der Waals surface area contributed by atoms with E-state index in [4.69, 9.17) is 15.8 Å². The molecule has 14 heteroatoms. The second kappa shape index (κ2) is 10.0. The molecule has 0 aliphatic carbocycles. The summed E-state index contributed by atoms with van der Waals surface area (Å²) in [4.78, 5) is 15.1. The molecule has 1 aliphatic heterocycles. The Morgan fingerprint density at radius 2 is 1.65 bits per heavy atom. The molecule has 0 saturated carbocycles. The summed E-state index contributed by atoms with van der Waals surface area (Å²) in [5.74, 6) is -0.565. The first-order valence-electron chi connectivity index (χ1n) is 10.6. The summed E-state index contributed by atoms with van der Waals surface area (Å²) in [5, 5.41) is 4.18. The number of anilines is 2. The summed E-state index contributed by atoms with van der Waals surface area (Å²) in [6, 6.07) is 15.9. The normalized spacial score (nSPS) is 15.4. The summed E-state index contributed by atoms with van der Waals surface area (Å²) in [5.41, 5.74) is 4.00. The molecule has 1 aliphatic rings. The third-order valence-electron chi connectivity index (χ3n) is 5.30. The van der Waals surface area contributed by atoms with E-state index in [2.05, 4.69) is 10.5 Å². The van der Waals surface area contributed by atoms with Gasteiger partial charge in [-0.3, -0.25) is 19.7 Å². The van der Waals surface area contributed by atoms with Gasteiger partial charge in [-0.2, -0.15) is 21.9 Å². The average Bonchev–Trinajstić information content (AvgIpc) is 3.11.